The fraction of sp³-hybridized carbons (Fsp3) is 0.333. The molecule has 110 valence electrons. The number of rotatable bonds is 5. The molecular formula is C12H14Cl2N2O3S. The highest BCUT2D eigenvalue weighted by atomic mass is 35.5. The first-order valence-electron chi connectivity index (χ1n) is 5.64. The predicted molar refractivity (Wildman–Crippen MR) is 83.4 cm³/mol. The predicted octanol–water partition coefficient (Wildman–Crippen LogP) is 3.56. The molecule has 1 rings (SSSR count). The van der Waals surface area contributed by atoms with Gasteiger partial charge in [0.1, 0.15) is 0 Å². The third kappa shape index (κ3) is 4.77. The number of hydrogen-bond donors (Lipinski definition) is 3. The Balaban J connectivity index is 2.91. The molecule has 0 aliphatic heterocycles. The van der Waals surface area contributed by atoms with E-state index in [4.69, 9.17) is 28.3 Å². The van der Waals surface area contributed by atoms with Crippen molar-refractivity contribution in [1.82, 2.24) is 5.32 Å². The van der Waals surface area contributed by atoms with Gasteiger partial charge in [0.2, 0.25) is 0 Å². The fourth-order valence-electron chi connectivity index (χ4n) is 1.53. The van der Waals surface area contributed by atoms with Crippen LogP contribution in [0.25, 0.3) is 0 Å². The molecule has 0 heterocycles. The average Bonchev–Trinajstić information content (AvgIpc) is 2.32. The molecule has 1 aromatic rings. The van der Waals surface area contributed by atoms with Crippen molar-refractivity contribution in [2.24, 2.45) is 0 Å². The average molecular weight is 337 g/mol. The maximum atomic E-state index is 11.8. The van der Waals surface area contributed by atoms with Gasteiger partial charge in [-0.05, 0) is 25.3 Å². The Kier molecular flexibility index (Phi) is 6.45. The number of carbonyl (C=O) groups is 2. The Morgan fingerprint density at radius 2 is 2.05 bits per heavy atom. The minimum atomic E-state index is -1.22. The SMILES string of the molecule is CSCC(C)NC(=O)Nc1c(Cl)cc(Cl)cc1C(=O)O. The molecule has 3 N–H and O–H groups in total. The number of thioether (sulfide) groups is 1. The molecule has 8 heteroatoms. The number of amides is 2. The molecule has 0 saturated carbocycles. The molecule has 1 aromatic carbocycles. The molecule has 5 nitrogen and oxygen atoms in total. The highest BCUT2D eigenvalue weighted by Crippen LogP contribution is 2.30. The highest BCUT2D eigenvalue weighted by Gasteiger charge is 2.17. The number of halogens is 2. The van der Waals surface area contributed by atoms with Gasteiger partial charge in [0.15, 0.2) is 0 Å². The second-order valence-electron chi connectivity index (χ2n) is 4.07. The standard InChI is InChI=1S/C12H14Cl2N2O3S/c1-6(5-20-2)15-12(19)16-10-8(11(17)18)3-7(13)4-9(10)14/h3-4,6H,5H2,1-2H3,(H,17,18)(H2,15,16,19). The number of urea groups is 1. The van der Waals surface area contributed by atoms with Crippen molar-refractivity contribution in [3.63, 3.8) is 0 Å². The van der Waals surface area contributed by atoms with Gasteiger partial charge in [0.25, 0.3) is 0 Å². The molecule has 0 aliphatic rings. The zero-order valence-corrected chi connectivity index (χ0v) is 13.2. The molecular weight excluding hydrogens is 323 g/mol. The molecule has 0 aliphatic carbocycles. The zero-order valence-electron chi connectivity index (χ0n) is 10.9. The Bertz CT molecular complexity index is 526. The molecule has 0 aromatic heterocycles. The molecule has 0 saturated heterocycles. The van der Waals surface area contributed by atoms with Crippen molar-refractivity contribution >= 4 is 52.7 Å². The third-order valence-corrected chi connectivity index (χ3v) is 3.67. The molecule has 0 radical (unpaired) electrons. The molecule has 0 bridgehead atoms. The van der Waals surface area contributed by atoms with E-state index in [2.05, 4.69) is 10.6 Å². The third-order valence-electron chi connectivity index (χ3n) is 2.32. The first-order chi connectivity index (χ1) is 9.35. The summed E-state index contributed by atoms with van der Waals surface area (Å²) in [5.74, 6) is -0.477. The van der Waals surface area contributed by atoms with Gasteiger partial charge in [-0.2, -0.15) is 11.8 Å². The van der Waals surface area contributed by atoms with Crippen LogP contribution in [0.3, 0.4) is 0 Å². The van der Waals surface area contributed by atoms with Crippen LogP contribution in [0.5, 0.6) is 0 Å². The van der Waals surface area contributed by atoms with Gasteiger partial charge in [-0.15, -0.1) is 0 Å². The molecule has 1 unspecified atom stereocenters. The summed E-state index contributed by atoms with van der Waals surface area (Å²) < 4.78 is 0. The second kappa shape index (κ2) is 7.61. The molecule has 2 amide bonds. The number of carboxylic acid groups (broad SMARTS) is 1. The summed E-state index contributed by atoms with van der Waals surface area (Å²) in [6.45, 7) is 1.84. The van der Waals surface area contributed by atoms with Crippen molar-refractivity contribution in [3.8, 4) is 0 Å². The van der Waals surface area contributed by atoms with E-state index in [-0.39, 0.29) is 27.3 Å². The number of carbonyl (C=O) groups excluding carboxylic acids is 1. The van der Waals surface area contributed by atoms with E-state index in [1.54, 1.807) is 11.8 Å². The monoisotopic (exact) mass is 336 g/mol. The van der Waals surface area contributed by atoms with Crippen LogP contribution in [0, 0.1) is 0 Å². The van der Waals surface area contributed by atoms with Crippen molar-refractivity contribution in [3.05, 3.63) is 27.7 Å². The lowest BCUT2D eigenvalue weighted by atomic mass is 10.2. The fourth-order valence-corrected chi connectivity index (χ4v) is 2.66. The first-order valence-corrected chi connectivity index (χ1v) is 7.79. The van der Waals surface area contributed by atoms with E-state index in [1.807, 2.05) is 13.2 Å². The first kappa shape index (κ1) is 16.9. The minimum Gasteiger partial charge on any atom is -0.478 e. The van der Waals surface area contributed by atoms with Crippen LogP contribution in [-0.2, 0) is 0 Å². The maximum absolute atomic E-state index is 11.8. The largest absolute Gasteiger partial charge is 0.478 e. The van der Waals surface area contributed by atoms with E-state index in [0.717, 1.165) is 5.75 Å². The summed E-state index contributed by atoms with van der Waals surface area (Å²) in [6.07, 6.45) is 1.93. The Labute approximate surface area is 131 Å². The van der Waals surface area contributed by atoms with E-state index in [0.29, 0.717) is 0 Å². The van der Waals surface area contributed by atoms with Crippen LogP contribution >= 0.6 is 35.0 Å². The number of anilines is 1. The Morgan fingerprint density at radius 1 is 1.40 bits per heavy atom. The normalized spacial score (nSPS) is 11.8. The highest BCUT2D eigenvalue weighted by molar-refractivity contribution is 7.98. The summed E-state index contributed by atoms with van der Waals surface area (Å²) >= 11 is 13.3. The molecule has 20 heavy (non-hydrogen) atoms. The van der Waals surface area contributed by atoms with Gasteiger partial charge in [-0.25, -0.2) is 9.59 Å². The molecule has 0 spiro atoms. The Morgan fingerprint density at radius 3 is 2.60 bits per heavy atom. The lowest BCUT2D eigenvalue weighted by Gasteiger charge is -2.15. The number of aromatic carboxylic acids is 1. The van der Waals surface area contributed by atoms with Crippen LogP contribution in [0.4, 0.5) is 10.5 Å². The lowest BCUT2D eigenvalue weighted by molar-refractivity contribution is 0.0698. The maximum Gasteiger partial charge on any atom is 0.337 e. The van der Waals surface area contributed by atoms with Crippen LogP contribution < -0.4 is 10.6 Å². The summed E-state index contributed by atoms with van der Waals surface area (Å²) in [7, 11) is 0. The van der Waals surface area contributed by atoms with E-state index in [9.17, 15) is 9.59 Å². The summed E-state index contributed by atoms with van der Waals surface area (Å²) in [4.78, 5) is 22.9. The quantitative estimate of drug-likeness (QED) is 0.768. The van der Waals surface area contributed by atoms with Crippen molar-refractivity contribution in [2.45, 2.75) is 13.0 Å². The van der Waals surface area contributed by atoms with Gasteiger partial charge in [0, 0.05) is 16.8 Å². The van der Waals surface area contributed by atoms with Crippen molar-refractivity contribution in [1.29, 1.82) is 0 Å². The molecule has 0 fully saturated rings. The number of benzene rings is 1. The van der Waals surface area contributed by atoms with Gasteiger partial charge in [0.05, 0.1) is 16.3 Å². The summed E-state index contributed by atoms with van der Waals surface area (Å²) in [6, 6.07) is 2.04. The van der Waals surface area contributed by atoms with Crippen LogP contribution in [0.15, 0.2) is 12.1 Å². The number of nitrogens with one attached hydrogen (secondary N) is 2. The topological polar surface area (TPSA) is 78.4 Å². The number of hydrogen-bond acceptors (Lipinski definition) is 3. The summed E-state index contributed by atoms with van der Waals surface area (Å²) in [5, 5.41) is 14.5. The number of carboxylic acids is 1. The zero-order chi connectivity index (χ0) is 15.3. The van der Waals surface area contributed by atoms with Crippen molar-refractivity contribution in [2.75, 3.05) is 17.3 Å². The van der Waals surface area contributed by atoms with E-state index in [1.165, 1.54) is 12.1 Å². The van der Waals surface area contributed by atoms with Crippen LogP contribution in [0.2, 0.25) is 10.0 Å². The van der Waals surface area contributed by atoms with Gasteiger partial charge < -0.3 is 15.7 Å². The van der Waals surface area contributed by atoms with Gasteiger partial charge in [-0.3, -0.25) is 0 Å². The van der Waals surface area contributed by atoms with Gasteiger partial charge >= 0.3 is 12.0 Å². The van der Waals surface area contributed by atoms with Gasteiger partial charge in [-0.1, -0.05) is 23.2 Å². The smallest absolute Gasteiger partial charge is 0.337 e. The lowest BCUT2D eigenvalue weighted by Crippen LogP contribution is -2.37. The van der Waals surface area contributed by atoms with Crippen LogP contribution in [-0.4, -0.2) is 35.2 Å². The Hall–Kier alpha value is -1.11. The van der Waals surface area contributed by atoms with Crippen LogP contribution in [0.1, 0.15) is 17.3 Å². The van der Waals surface area contributed by atoms with E-state index < -0.39 is 12.0 Å². The van der Waals surface area contributed by atoms with E-state index >= 15 is 0 Å². The second-order valence-corrected chi connectivity index (χ2v) is 5.82. The molecule has 1 atom stereocenters. The summed E-state index contributed by atoms with van der Waals surface area (Å²) in [5.41, 5.74) is -0.132. The minimum absolute atomic E-state index is 0.0254. The van der Waals surface area contributed by atoms with Crippen molar-refractivity contribution < 1.29 is 14.7 Å².